The third kappa shape index (κ3) is 4.29. The van der Waals surface area contributed by atoms with Crippen LogP contribution in [0.25, 0.3) is 11.0 Å². The molecule has 1 N–H and O–H groups in total. The largest absolute Gasteiger partial charge is 0.508 e. The molecule has 3 rings (SSSR count). The molecule has 0 spiro atoms. The van der Waals surface area contributed by atoms with Crippen molar-refractivity contribution >= 4 is 16.8 Å². The zero-order chi connectivity index (χ0) is 21.3. The van der Waals surface area contributed by atoms with Crippen LogP contribution in [0.2, 0.25) is 0 Å². The summed E-state index contributed by atoms with van der Waals surface area (Å²) < 4.78 is 11.7. The number of phenolic OH excluding ortho intramolecular Hbond substituents is 1. The second kappa shape index (κ2) is 7.90. The predicted molar refractivity (Wildman–Crippen MR) is 114 cm³/mol. The molecule has 154 valence electrons. The number of carbonyl (C=O) groups is 1. The summed E-state index contributed by atoms with van der Waals surface area (Å²) in [5, 5.41) is 10.4. The first kappa shape index (κ1) is 20.9. The lowest BCUT2D eigenvalue weighted by atomic mass is 9.84. The fraction of sp³-hybridized carbons (Fsp3) is 0.417. The van der Waals surface area contributed by atoms with Crippen LogP contribution >= 0.6 is 0 Å². The molecule has 5 nitrogen and oxygen atoms in total. The molecule has 5 heteroatoms. The molecule has 0 saturated carbocycles. The highest BCUT2D eigenvalue weighted by molar-refractivity contribution is 5.91. The highest BCUT2D eigenvalue weighted by Gasteiger charge is 2.44. The summed E-state index contributed by atoms with van der Waals surface area (Å²) in [4.78, 5) is 24.5. The number of aromatic hydroxyl groups is 1. The molecule has 0 aliphatic carbocycles. The lowest BCUT2D eigenvalue weighted by Crippen LogP contribution is -2.33. The van der Waals surface area contributed by atoms with E-state index in [1.807, 2.05) is 34.6 Å². The van der Waals surface area contributed by atoms with Crippen LogP contribution in [0.3, 0.4) is 0 Å². The van der Waals surface area contributed by atoms with Gasteiger partial charge in [0.1, 0.15) is 22.7 Å². The number of ether oxygens (including phenoxy) is 1. The number of hydrogen-bond acceptors (Lipinski definition) is 5. The van der Waals surface area contributed by atoms with Crippen molar-refractivity contribution < 1.29 is 19.1 Å². The van der Waals surface area contributed by atoms with Crippen LogP contribution in [0.15, 0.2) is 50.7 Å². The maximum absolute atomic E-state index is 12.5. The van der Waals surface area contributed by atoms with Gasteiger partial charge in [0.15, 0.2) is 5.78 Å². The van der Waals surface area contributed by atoms with E-state index in [-0.39, 0.29) is 17.5 Å². The Labute approximate surface area is 170 Å². The van der Waals surface area contributed by atoms with E-state index >= 15 is 0 Å². The third-order valence-electron chi connectivity index (χ3n) is 5.60. The van der Waals surface area contributed by atoms with Crippen LogP contribution in [0.4, 0.5) is 0 Å². The van der Waals surface area contributed by atoms with E-state index in [4.69, 9.17) is 9.15 Å². The van der Waals surface area contributed by atoms with E-state index in [1.54, 1.807) is 18.2 Å². The van der Waals surface area contributed by atoms with Crippen molar-refractivity contribution in [2.75, 3.05) is 0 Å². The average Bonchev–Trinajstić information content (AvgIpc) is 2.86. The number of benzene rings is 1. The van der Waals surface area contributed by atoms with E-state index in [0.29, 0.717) is 35.1 Å². The maximum atomic E-state index is 12.5. The number of phenols is 1. The first-order chi connectivity index (χ1) is 13.6. The van der Waals surface area contributed by atoms with Crippen molar-refractivity contribution in [2.24, 2.45) is 0 Å². The molecular weight excluding hydrogens is 368 g/mol. The van der Waals surface area contributed by atoms with Crippen LogP contribution in [-0.2, 0) is 4.79 Å². The zero-order valence-corrected chi connectivity index (χ0v) is 17.7. The molecule has 2 atom stereocenters. The molecule has 2 unspecified atom stereocenters. The Balaban J connectivity index is 1.79. The fourth-order valence-corrected chi connectivity index (χ4v) is 3.88. The summed E-state index contributed by atoms with van der Waals surface area (Å²) in [5.41, 5.74) is 1.92. The van der Waals surface area contributed by atoms with Crippen LogP contribution in [0.1, 0.15) is 65.4 Å². The van der Waals surface area contributed by atoms with Gasteiger partial charge < -0.3 is 14.3 Å². The summed E-state index contributed by atoms with van der Waals surface area (Å²) in [6.45, 7) is 9.76. The van der Waals surface area contributed by atoms with Gasteiger partial charge in [-0.2, -0.15) is 0 Å². The van der Waals surface area contributed by atoms with Gasteiger partial charge >= 0.3 is 5.63 Å². The first-order valence-electron chi connectivity index (χ1n) is 9.93. The van der Waals surface area contributed by atoms with Gasteiger partial charge in [0.05, 0.1) is 10.9 Å². The molecule has 0 bridgehead atoms. The zero-order valence-electron chi connectivity index (χ0n) is 17.7. The van der Waals surface area contributed by atoms with Gasteiger partial charge in [0.25, 0.3) is 0 Å². The number of carbonyl (C=O) groups excluding carboxylic acids is 1. The Morgan fingerprint density at radius 3 is 2.69 bits per heavy atom. The monoisotopic (exact) mass is 396 g/mol. The molecule has 0 radical (unpaired) electrons. The minimum atomic E-state index is -0.552. The first-order valence-corrected chi connectivity index (χ1v) is 9.93. The third-order valence-corrected chi connectivity index (χ3v) is 5.60. The van der Waals surface area contributed by atoms with E-state index in [9.17, 15) is 14.7 Å². The van der Waals surface area contributed by atoms with Crippen molar-refractivity contribution in [1.29, 1.82) is 0 Å². The highest BCUT2D eigenvalue weighted by Crippen LogP contribution is 2.48. The fourth-order valence-electron chi connectivity index (χ4n) is 3.88. The summed E-state index contributed by atoms with van der Waals surface area (Å²) in [6.07, 6.45) is 5.60. The summed E-state index contributed by atoms with van der Waals surface area (Å²) >= 11 is 0. The molecule has 1 aromatic heterocycles. The van der Waals surface area contributed by atoms with Gasteiger partial charge in [-0.05, 0) is 58.7 Å². The van der Waals surface area contributed by atoms with Crippen LogP contribution in [0, 0.1) is 0 Å². The number of rotatable bonds is 6. The number of ketones is 1. The Kier molecular flexibility index (Phi) is 5.69. The molecule has 1 aliphatic heterocycles. The van der Waals surface area contributed by atoms with Crippen molar-refractivity contribution in [3.05, 3.63) is 57.5 Å². The standard InChI is InChI=1S/C24H28O5/c1-14(2)11-18(26)12-15(3)7-6-10-24(5)16(4)21-22(29-24)19-9-8-17(25)13-20(19)28-23(21)27/h7-9,11,13,16,25H,6,10,12H2,1-5H3. The topological polar surface area (TPSA) is 76.7 Å². The second-order valence-electron chi connectivity index (χ2n) is 8.40. The van der Waals surface area contributed by atoms with Gasteiger partial charge in [-0.15, -0.1) is 0 Å². The maximum Gasteiger partial charge on any atom is 0.343 e. The normalized spacial score (nSPS) is 21.0. The Hall–Kier alpha value is -2.82. The minimum absolute atomic E-state index is 0.0395. The van der Waals surface area contributed by atoms with E-state index in [0.717, 1.165) is 17.6 Å². The quantitative estimate of drug-likeness (QED) is 0.402. The molecule has 1 aromatic carbocycles. The van der Waals surface area contributed by atoms with Gasteiger partial charge in [0.2, 0.25) is 0 Å². The Morgan fingerprint density at radius 1 is 1.28 bits per heavy atom. The molecule has 1 aliphatic rings. The molecule has 2 heterocycles. The second-order valence-corrected chi connectivity index (χ2v) is 8.40. The van der Waals surface area contributed by atoms with E-state index < -0.39 is 11.2 Å². The highest BCUT2D eigenvalue weighted by atomic mass is 16.5. The van der Waals surface area contributed by atoms with Gasteiger partial charge in [0, 0.05) is 18.4 Å². The molecule has 29 heavy (non-hydrogen) atoms. The van der Waals surface area contributed by atoms with Crippen molar-refractivity contribution in [3.63, 3.8) is 0 Å². The van der Waals surface area contributed by atoms with E-state index in [1.165, 1.54) is 6.07 Å². The van der Waals surface area contributed by atoms with Crippen molar-refractivity contribution in [1.82, 2.24) is 0 Å². The lowest BCUT2D eigenvalue weighted by Gasteiger charge is -2.28. The van der Waals surface area contributed by atoms with Crippen LogP contribution < -0.4 is 10.4 Å². The summed E-state index contributed by atoms with van der Waals surface area (Å²) in [7, 11) is 0. The molecule has 0 amide bonds. The summed E-state index contributed by atoms with van der Waals surface area (Å²) in [6, 6.07) is 4.70. The van der Waals surface area contributed by atoms with Crippen LogP contribution in [-0.4, -0.2) is 16.5 Å². The Morgan fingerprint density at radius 2 is 2.00 bits per heavy atom. The molecule has 2 aromatic rings. The number of fused-ring (bicyclic) bond motifs is 3. The summed E-state index contributed by atoms with van der Waals surface area (Å²) in [5.74, 6) is 0.562. The number of allylic oxidation sites excluding steroid dienone is 4. The van der Waals surface area contributed by atoms with Gasteiger partial charge in [-0.3, -0.25) is 4.79 Å². The van der Waals surface area contributed by atoms with Gasteiger partial charge in [-0.25, -0.2) is 4.79 Å². The van der Waals surface area contributed by atoms with Crippen LogP contribution in [0.5, 0.6) is 11.5 Å². The SMILES string of the molecule is CC(C)=CC(=O)CC(C)=CCCC1(C)Oc2c(c(=O)oc3cc(O)ccc23)C1C. The van der Waals surface area contributed by atoms with Crippen molar-refractivity contribution in [3.8, 4) is 11.5 Å². The minimum Gasteiger partial charge on any atom is -0.508 e. The molecule has 0 saturated heterocycles. The molecule has 0 fully saturated rings. The van der Waals surface area contributed by atoms with Crippen molar-refractivity contribution in [2.45, 2.75) is 65.4 Å². The molecular formula is C24H28O5. The number of hydrogen-bond donors (Lipinski definition) is 1. The predicted octanol–water partition coefficient (Wildman–Crippen LogP) is 5.41. The van der Waals surface area contributed by atoms with E-state index in [2.05, 4.69) is 6.08 Å². The average molecular weight is 396 g/mol. The Bertz CT molecular complexity index is 1070. The smallest absolute Gasteiger partial charge is 0.343 e. The van der Waals surface area contributed by atoms with Gasteiger partial charge in [-0.1, -0.05) is 24.1 Å². The lowest BCUT2D eigenvalue weighted by molar-refractivity contribution is -0.114.